The average molecular weight is 358 g/mol. The lowest BCUT2D eigenvalue weighted by atomic mass is 9.89. The fourth-order valence-corrected chi connectivity index (χ4v) is 3.14. The van der Waals surface area contributed by atoms with Crippen molar-refractivity contribution >= 4 is 29.1 Å². The van der Waals surface area contributed by atoms with E-state index in [1.54, 1.807) is 12.1 Å². The number of benzene rings is 1. The van der Waals surface area contributed by atoms with E-state index < -0.39 is 0 Å². The molecule has 0 atom stereocenters. The van der Waals surface area contributed by atoms with Crippen LogP contribution in [0.3, 0.4) is 0 Å². The summed E-state index contributed by atoms with van der Waals surface area (Å²) in [6.07, 6.45) is 3.05. The number of halogens is 1. The van der Waals surface area contributed by atoms with Crippen molar-refractivity contribution in [1.82, 2.24) is 9.88 Å². The van der Waals surface area contributed by atoms with Gasteiger partial charge in [0.25, 0.3) is 0 Å². The zero-order valence-electron chi connectivity index (χ0n) is 13.8. The lowest BCUT2D eigenvalue weighted by Gasteiger charge is -2.30. The zero-order valence-corrected chi connectivity index (χ0v) is 14.6. The van der Waals surface area contributed by atoms with E-state index in [0.717, 1.165) is 31.5 Å². The highest BCUT2D eigenvalue weighted by Gasteiger charge is 2.26. The van der Waals surface area contributed by atoms with Crippen LogP contribution in [-0.4, -0.2) is 41.2 Å². The van der Waals surface area contributed by atoms with Gasteiger partial charge in [-0.1, -0.05) is 41.9 Å². The van der Waals surface area contributed by atoms with Gasteiger partial charge in [0.15, 0.2) is 5.78 Å². The number of rotatable bonds is 5. The minimum Gasteiger partial charge on any atom is -0.310 e. The molecule has 0 unspecified atom stereocenters. The fraction of sp³-hybridized carbons (Fsp3) is 0.316. The summed E-state index contributed by atoms with van der Waals surface area (Å²) in [4.78, 5) is 30.7. The lowest BCUT2D eigenvalue weighted by Crippen LogP contribution is -2.40. The number of nitrogens with one attached hydrogen (secondary N) is 1. The van der Waals surface area contributed by atoms with Crippen LogP contribution in [0.5, 0.6) is 0 Å². The van der Waals surface area contributed by atoms with E-state index in [1.807, 2.05) is 30.3 Å². The molecular weight excluding hydrogens is 338 g/mol. The van der Waals surface area contributed by atoms with Gasteiger partial charge in [-0.05, 0) is 38.1 Å². The van der Waals surface area contributed by atoms with Crippen LogP contribution >= 0.6 is 11.6 Å². The molecule has 1 aromatic heterocycles. The smallest absolute Gasteiger partial charge is 0.239 e. The van der Waals surface area contributed by atoms with Gasteiger partial charge >= 0.3 is 0 Å². The summed E-state index contributed by atoms with van der Waals surface area (Å²) in [5.74, 6) is 0.626. The molecule has 1 N–H and O–H groups in total. The van der Waals surface area contributed by atoms with Gasteiger partial charge in [0.05, 0.1) is 11.6 Å². The van der Waals surface area contributed by atoms with Crippen LogP contribution in [0.25, 0.3) is 0 Å². The van der Waals surface area contributed by atoms with Crippen molar-refractivity contribution in [3.63, 3.8) is 0 Å². The molecule has 0 radical (unpaired) electrons. The van der Waals surface area contributed by atoms with Crippen molar-refractivity contribution in [2.45, 2.75) is 12.8 Å². The topological polar surface area (TPSA) is 62.3 Å². The Morgan fingerprint density at radius 1 is 1.12 bits per heavy atom. The van der Waals surface area contributed by atoms with Crippen molar-refractivity contribution in [2.75, 3.05) is 25.0 Å². The van der Waals surface area contributed by atoms with Gasteiger partial charge in [0.1, 0.15) is 5.82 Å². The van der Waals surface area contributed by atoms with Gasteiger partial charge in [-0.2, -0.15) is 0 Å². The number of carbonyl (C=O) groups excluding carboxylic acids is 2. The summed E-state index contributed by atoms with van der Waals surface area (Å²) in [7, 11) is 0. The molecule has 1 fully saturated rings. The quantitative estimate of drug-likeness (QED) is 0.834. The van der Waals surface area contributed by atoms with Crippen molar-refractivity contribution in [3.05, 3.63) is 59.2 Å². The van der Waals surface area contributed by atoms with E-state index in [9.17, 15) is 9.59 Å². The van der Waals surface area contributed by atoms with Crippen molar-refractivity contribution in [3.8, 4) is 0 Å². The Labute approximate surface area is 152 Å². The summed E-state index contributed by atoms with van der Waals surface area (Å²) >= 11 is 5.78. The molecule has 0 saturated carbocycles. The maximum absolute atomic E-state index is 12.5. The molecule has 1 aliphatic rings. The first-order chi connectivity index (χ1) is 12.1. The van der Waals surface area contributed by atoms with Crippen LogP contribution in [-0.2, 0) is 4.79 Å². The van der Waals surface area contributed by atoms with E-state index in [1.165, 1.54) is 6.20 Å². The molecule has 25 heavy (non-hydrogen) atoms. The summed E-state index contributed by atoms with van der Waals surface area (Å²) in [6.45, 7) is 1.78. The molecule has 2 heterocycles. The highest BCUT2D eigenvalue weighted by Crippen LogP contribution is 2.21. The van der Waals surface area contributed by atoms with Crippen LogP contribution in [0.15, 0.2) is 48.7 Å². The second-order valence-electron chi connectivity index (χ2n) is 6.19. The molecular formula is C19H20ClN3O2. The molecule has 0 bridgehead atoms. The fourth-order valence-electron chi connectivity index (χ4n) is 3.03. The lowest BCUT2D eigenvalue weighted by molar-refractivity contribution is -0.117. The number of Topliss-reactive ketones (excluding diaryl/α,β-unsaturated/α-hetero) is 1. The normalized spacial score (nSPS) is 15.7. The first-order valence-electron chi connectivity index (χ1n) is 8.35. The molecule has 1 saturated heterocycles. The molecule has 6 heteroatoms. The van der Waals surface area contributed by atoms with E-state index in [2.05, 4.69) is 15.2 Å². The third-order valence-corrected chi connectivity index (χ3v) is 4.60. The molecule has 130 valence electrons. The minimum absolute atomic E-state index is 0.0413. The van der Waals surface area contributed by atoms with Gasteiger partial charge in [-0.15, -0.1) is 0 Å². The molecule has 1 aromatic carbocycles. The molecule has 1 aliphatic heterocycles. The van der Waals surface area contributed by atoms with Crippen molar-refractivity contribution in [2.24, 2.45) is 5.92 Å². The van der Waals surface area contributed by atoms with Crippen molar-refractivity contribution < 1.29 is 9.59 Å². The number of hydrogen-bond donors (Lipinski definition) is 1. The van der Waals surface area contributed by atoms with E-state index >= 15 is 0 Å². The number of aromatic nitrogens is 1. The molecule has 5 nitrogen and oxygen atoms in total. The predicted octanol–water partition coefficient (Wildman–Crippen LogP) is 3.27. The van der Waals surface area contributed by atoms with Crippen molar-refractivity contribution in [1.29, 1.82) is 0 Å². The summed E-state index contributed by atoms with van der Waals surface area (Å²) in [6, 6.07) is 12.8. The maximum atomic E-state index is 12.5. The molecule has 2 aromatic rings. The standard InChI is InChI=1S/C19H20ClN3O2/c20-16-6-7-17(21-12-16)22-18(24)13-23-10-8-15(9-11-23)19(25)14-4-2-1-3-5-14/h1-7,12,15H,8-11,13H2,(H,21,22,24). The van der Waals surface area contributed by atoms with Crippen LogP contribution < -0.4 is 5.32 Å². The molecule has 3 rings (SSSR count). The van der Waals surface area contributed by atoms with Gasteiger partial charge < -0.3 is 5.32 Å². The number of likely N-dealkylation sites (tertiary alicyclic amines) is 1. The van der Waals surface area contributed by atoms with Gasteiger partial charge in [-0.3, -0.25) is 14.5 Å². The van der Waals surface area contributed by atoms with Crippen LogP contribution in [0.4, 0.5) is 5.82 Å². The first-order valence-corrected chi connectivity index (χ1v) is 8.72. The largest absolute Gasteiger partial charge is 0.310 e. The Bertz CT molecular complexity index is 726. The Balaban J connectivity index is 1.46. The third kappa shape index (κ3) is 4.87. The van der Waals surface area contributed by atoms with Gasteiger partial charge in [0.2, 0.25) is 5.91 Å². The number of piperidine rings is 1. The minimum atomic E-state index is -0.109. The van der Waals surface area contributed by atoms with Crippen LogP contribution in [0.2, 0.25) is 5.02 Å². The highest BCUT2D eigenvalue weighted by molar-refractivity contribution is 6.30. The second-order valence-corrected chi connectivity index (χ2v) is 6.63. The highest BCUT2D eigenvalue weighted by atomic mass is 35.5. The van der Waals surface area contributed by atoms with Crippen LogP contribution in [0, 0.1) is 5.92 Å². The third-order valence-electron chi connectivity index (χ3n) is 4.38. The number of nitrogens with zero attached hydrogens (tertiary/aromatic N) is 2. The Hall–Kier alpha value is -2.24. The number of pyridine rings is 1. The molecule has 0 spiro atoms. The summed E-state index contributed by atoms with van der Waals surface area (Å²) < 4.78 is 0. The number of carbonyl (C=O) groups is 2. The summed E-state index contributed by atoms with van der Waals surface area (Å²) in [5, 5.41) is 3.29. The van der Waals surface area contributed by atoms with E-state index in [-0.39, 0.29) is 17.6 Å². The molecule has 1 amide bonds. The number of amides is 1. The van der Waals surface area contributed by atoms with E-state index in [0.29, 0.717) is 17.4 Å². The molecule has 0 aliphatic carbocycles. The SMILES string of the molecule is O=C(CN1CCC(C(=O)c2ccccc2)CC1)Nc1ccc(Cl)cn1. The average Bonchev–Trinajstić information content (AvgIpc) is 2.64. The Kier molecular flexibility index (Phi) is 5.79. The van der Waals surface area contributed by atoms with Gasteiger partial charge in [0, 0.05) is 17.7 Å². The Morgan fingerprint density at radius 2 is 1.84 bits per heavy atom. The predicted molar refractivity (Wildman–Crippen MR) is 97.8 cm³/mol. The first kappa shape index (κ1) is 17.6. The number of ketones is 1. The van der Waals surface area contributed by atoms with E-state index in [4.69, 9.17) is 11.6 Å². The Morgan fingerprint density at radius 3 is 2.48 bits per heavy atom. The number of hydrogen-bond acceptors (Lipinski definition) is 4. The second kappa shape index (κ2) is 8.23. The van der Waals surface area contributed by atoms with Crippen LogP contribution in [0.1, 0.15) is 23.2 Å². The summed E-state index contributed by atoms with van der Waals surface area (Å²) in [5.41, 5.74) is 0.771. The zero-order chi connectivity index (χ0) is 17.6. The number of anilines is 1. The van der Waals surface area contributed by atoms with Gasteiger partial charge in [-0.25, -0.2) is 4.98 Å². The maximum Gasteiger partial charge on any atom is 0.239 e. The monoisotopic (exact) mass is 357 g/mol.